The molecule has 108 valence electrons. The van der Waals surface area contributed by atoms with Gasteiger partial charge in [-0.25, -0.2) is 0 Å². The van der Waals surface area contributed by atoms with Crippen LogP contribution in [-0.2, 0) is 5.41 Å². The van der Waals surface area contributed by atoms with Gasteiger partial charge in [0.1, 0.15) is 0 Å². The molecule has 0 amide bonds. The minimum atomic E-state index is 0.322. The third-order valence-electron chi connectivity index (χ3n) is 6.07. The zero-order valence-corrected chi connectivity index (χ0v) is 13.0. The second-order valence-electron chi connectivity index (χ2n) is 7.40. The van der Waals surface area contributed by atoms with E-state index in [1.165, 1.54) is 24.8 Å². The van der Waals surface area contributed by atoms with Crippen LogP contribution in [0.5, 0.6) is 0 Å². The number of benzene rings is 2. The van der Waals surface area contributed by atoms with E-state index in [-0.39, 0.29) is 0 Å². The molecule has 0 heteroatoms. The van der Waals surface area contributed by atoms with Gasteiger partial charge in [0.15, 0.2) is 0 Å². The minimum absolute atomic E-state index is 0.322. The van der Waals surface area contributed by atoms with Gasteiger partial charge in [-0.2, -0.15) is 0 Å². The van der Waals surface area contributed by atoms with E-state index in [4.69, 9.17) is 0 Å². The van der Waals surface area contributed by atoms with Gasteiger partial charge >= 0.3 is 0 Å². The SMILES string of the molecule is CC1(C)c2ccccc2[C@H](c2ccccc2)[C@H]2CCC[C@@H]21. The standard InChI is InChI=1S/C21H24/c1-21(2)18-13-7-6-11-16(18)20(15-9-4-3-5-10-15)17-12-8-14-19(17)21/h3-7,9-11,13,17,19-20H,8,12,14H2,1-2H3/t17-,19-,20-/m0/s1. The van der Waals surface area contributed by atoms with E-state index in [2.05, 4.69) is 68.4 Å². The van der Waals surface area contributed by atoms with Crippen molar-refractivity contribution in [1.82, 2.24) is 0 Å². The Bertz CT molecular complexity index is 638. The van der Waals surface area contributed by atoms with E-state index >= 15 is 0 Å². The molecule has 0 aromatic heterocycles. The number of hydrogen-bond donors (Lipinski definition) is 0. The van der Waals surface area contributed by atoms with Gasteiger partial charge < -0.3 is 0 Å². The normalized spacial score (nSPS) is 29.7. The van der Waals surface area contributed by atoms with Crippen molar-refractivity contribution in [2.45, 2.75) is 44.4 Å². The Morgan fingerprint density at radius 2 is 1.57 bits per heavy atom. The molecule has 0 radical (unpaired) electrons. The van der Waals surface area contributed by atoms with Crippen molar-refractivity contribution in [3.8, 4) is 0 Å². The second kappa shape index (κ2) is 4.73. The van der Waals surface area contributed by atoms with Crippen LogP contribution in [0, 0.1) is 11.8 Å². The highest BCUT2D eigenvalue weighted by molar-refractivity contribution is 5.46. The predicted molar refractivity (Wildman–Crippen MR) is 88.6 cm³/mol. The number of fused-ring (bicyclic) bond motifs is 2. The summed E-state index contributed by atoms with van der Waals surface area (Å²) < 4.78 is 0. The molecule has 1 fully saturated rings. The lowest BCUT2D eigenvalue weighted by molar-refractivity contribution is 0.205. The molecule has 1 saturated carbocycles. The largest absolute Gasteiger partial charge is 0.0622 e. The maximum atomic E-state index is 2.47. The molecular formula is C21H24. The van der Waals surface area contributed by atoms with Crippen LogP contribution in [0.1, 0.15) is 55.7 Å². The van der Waals surface area contributed by atoms with Crippen molar-refractivity contribution < 1.29 is 0 Å². The predicted octanol–water partition coefficient (Wildman–Crippen LogP) is 5.53. The summed E-state index contributed by atoms with van der Waals surface area (Å²) in [4.78, 5) is 0. The fourth-order valence-electron chi connectivity index (χ4n) is 5.16. The molecule has 2 aromatic rings. The van der Waals surface area contributed by atoms with E-state index in [1.807, 2.05) is 0 Å². The molecule has 2 aromatic carbocycles. The smallest absolute Gasteiger partial charge is 0.0123 e. The second-order valence-corrected chi connectivity index (χ2v) is 7.40. The first kappa shape index (κ1) is 13.1. The Morgan fingerprint density at radius 1 is 0.857 bits per heavy atom. The van der Waals surface area contributed by atoms with Crippen LogP contribution in [0.2, 0.25) is 0 Å². The summed E-state index contributed by atoms with van der Waals surface area (Å²) in [5.74, 6) is 2.25. The first-order valence-corrected chi connectivity index (χ1v) is 8.34. The highest BCUT2D eigenvalue weighted by Crippen LogP contribution is 2.57. The van der Waals surface area contributed by atoms with Crippen LogP contribution in [0.25, 0.3) is 0 Å². The van der Waals surface area contributed by atoms with Crippen LogP contribution in [0.3, 0.4) is 0 Å². The van der Waals surface area contributed by atoms with Gasteiger partial charge in [0.05, 0.1) is 0 Å². The van der Waals surface area contributed by atoms with Crippen LogP contribution in [0.15, 0.2) is 54.6 Å². The molecule has 0 spiro atoms. The highest BCUT2D eigenvalue weighted by Gasteiger charge is 2.49. The van der Waals surface area contributed by atoms with Crippen molar-refractivity contribution in [1.29, 1.82) is 0 Å². The zero-order chi connectivity index (χ0) is 14.4. The molecule has 0 heterocycles. The Kier molecular flexibility index (Phi) is 2.96. The third kappa shape index (κ3) is 1.88. The molecule has 0 aliphatic heterocycles. The van der Waals surface area contributed by atoms with Crippen molar-refractivity contribution in [3.63, 3.8) is 0 Å². The summed E-state index contributed by atoms with van der Waals surface area (Å²) >= 11 is 0. The van der Waals surface area contributed by atoms with E-state index in [0.717, 1.165) is 11.8 Å². The molecule has 21 heavy (non-hydrogen) atoms. The van der Waals surface area contributed by atoms with Crippen molar-refractivity contribution >= 4 is 0 Å². The molecule has 0 bridgehead atoms. The van der Waals surface area contributed by atoms with E-state index in [0.29, 0.717) is 11.3 Å². The van der Waals surface area contributed by atoms with Gasteiger partial charge in [-0.1, -0.05) is 74.9 Å². The summed E-state index contributed by atoms with van der Waals surface area (Å²) in [6, 6.07) is 20.4. The van der Waals surface area contributed by atoms with Crippen LogP contribution in [-0.4, -0.2) is 0 Å². The zero-order valence-electron chi connectivity index (χ0n) is 13.0. The fraction of sp³-hybridized carbons (Fsp3) is 0.429. The fourth-order valence-corrected chi connectivity index (χ4v) is 5.16. The molecule has 0 saturated heterocycles. The average Bonchev–Trinajstić information content (AvgIpc) is 2.99. The van der Waals surface area contributed by atoms with Gasteiger partial charge in [-0.05, 0) is 46.8 Å². The first-order valence-electron chi connectivity index (χ1n) is 8.34. The Labute approximate surface area is 128 Å². The van der Waals surface area contributed by atoms with Crippen molar-refractivity contribution in [3.05, 3.63) is 71.3 Å². The van der Waals surface area contributed by atoms with Crippen LogP contribution < -0.4 is 0 Å². The third-order valence-corrected chi connectivity index (χ3v) is 6.07. The molecule has 0 nitrogen and oxygen atoms in total. The molecule has 0 N–H and O–H groups in total. The topological polar surface area (TPSA) is 0 Å². The van der Waals surface area contributed by atoms with E-state index in [1.54, 1.807) is 11.1 Å². The Balaban J connectivity index is 1.93. The number of rotatable bonds is 1. The summed E-state index contributed by atoms with van der Waals surface area (Å²) in [5.41, 5.74) is 5.00. The molecule has 2 aliphatic carbocycles. The Hall–Kier alpha value is -1.56. The lowest BCUT2D eigenvalue weighted by Crippen LogP contribution is -2.40. The average molecular weight is 276 g/mol. The maximum Gasteiger partial charge on any atom is 0.0123 e. The summed E-state index contributed by atoms with van der Waals surface area (Å²) in [6.07, 6.45) is 4.19. The van der Waals surface area contributed by atoms with Gasteiger partial charge in [0.25, 0.3) is 0 Å². The quantitative estimate of drug-likeness (QED) is 0.642. The van der Waals surface area contributed by atoms with E-state index < -0.39 is 0 Å². The monoisotopic (exact) mass is 276 g/mol. The molecule has 3 atom stereocenters. The summed E-state index contributed by atoms with van der Waals surface area (Å²) in [5, 5.41) is 0. The summed E-state index contributed by atoms with van der Waals surface area (Å²) in [6.45, 7) is 4.94. The minimum Gasteiger partial charge on any atom is -0.0622 e. The highest BCUT2D eigenvalue weighted by atomic mass is 14.5. The van der Waals surface area contributed by atoms with Crippen molar-refractivity contribution in [2.24, 2.45) is 11.8 Å². The number of hydrogen-bond acceptors (Lipinski definition) is 0. The summed E-state index contributed by atoms with van der Waals surface area (Å²) in [7, 11) is 0. The lowest BCUT2D eigenvalue weighted by atomic mass is 9.57. The van der Waals surface area contributed by atoms with Crippen LogP contribution >= 0.6 is 0 Å². The van der Waals surface area contributed by atoms with Crippen molar-refractivity contribution in [2.75, 3.05) is 0 Å². The Morgan fingerprint density at radius 3 is 2.38 bits per heavy atom. The van der Waals surface area contributed by atoms with Gasteiger partial charge in [0.2, 0.25) is 0 Å². The van der Waals surface area contributed by atoms with Gasteiger partial charge in [-0.15, -0.1) is 0 Å². The molecular weight excluding hydrogens is 252 g/mol. The molecule has 0 unspecified atom stereocenters. The first-order chi connectivity index (χ1) is 10.2. The van der Waals surface area contributed by atoms with Crippen LogP contribution in [0.4, 0.5) is 0 Å². The van der Waals surface area contributed by atoms with Gasteiger partial charge in [-0.3, -0.25) is 0 Å². The lowest BCUT2D eigenvalue weighted by Gasteiger charge is -2.47. The molecule has 2 aliphatic rings. The van der Waals surface area contributed by atoms with E-state index in [9.17, 15) is 0 Å². The maximum absolute atomic E-state index is 2.47. The van der Waals surface area contributed by atoms with Gasteiger partial charge in [0, 0.05) is 5.92 Å². The molecule has 4 rings (SSSR count).